The summed E-state index contributed by atoms with van der Waals surface area (Å²) >= 11 is 0. The molecule has 0 saturated carbocycles. The van der Waals surface area contributed by atoms with Gasteiger partial charge < -0.3 is 14.8 Å². The van der Waals surface area contributed by atoms with Crippen LogP contribution in [0.1, 0.15) is 91.4 Å². The van der Waals surface area contributed by atoms with Crippen LogP contribution in [0.15, 0.2) is 0 Å². The van der Waals surface area contributed by atoms with Gasteiger partial charge in [0.2, 0.25) is 0 Å². The van der Waals surface area contributed by atoms with Crippen molar-refractivity contribution >= 4 is 12.1 Å². The van der Waals surface area contributed by atoms with Crippen LogP contribution >= 0.6 is 0 Å². The molecule has 0 bridgehead atoms. The third-order valence-electron chi connectivity index (χ3n) is 4.36. The Morgan fingerprint density at radius 3 is 1.92 bits per heavy atom. The number of hydrogen-bond acceptors (Lipinski definition) is 4. The highest BCUT2D eigenvalue weighted by molar-refractivity contribution is 5.72. The minimum atomic E-state index is -0.435. The molecule has 0 rings (SSSR count). The number of rotatable bonds is 16. The van der Waals surface area contributed by atoms with Crippen molar-refractivity contribution in [1.29, 1.82) is 0 Å². The van der Waals surface area contributed by atoms with Gasteiger partial charge in [0.05, 0.1) is 19.1 Å². The highest BCUT2D eigenvalue weighted by Crippen LogP contribution is 2.10. The van der Waals surface area contributed by atoms with Gasteiger partial charge in [0.1, 0.15) is 6.61 Å². The molecule has 0 radical (unpaired) electrons. The summed E-state index contributed by atoms with van der Waals surface area (Å²) in [5.41, 5.74) is 0. The molecule has 1 unspecified atom stereocenters. The van der Waals surface area contributed by atoms with Crippen molar-refractivity contribution < 1.29 is 19.1 Å². The minimum Gasteiger partial charge on any atom is -0.464 e. The van der Waals surface area contributed by atoms with Crippen molar-refractivity contribution in [2.75, 3.05) is 19.8 Å². The molecule has 0 aromatic rings. The van der Waals surface area contributed by atoms with Gasteiger partial charge in [0.25, 0.3) is 0 Å². The molecule has 1 amide bonds. The van der Waals surface area contributed by atoms with Crippen LogP contribution in [0.2, 0.25) is 0 Å². The van der Waals surface area contributed by atoms with Crippen molar-refractivity contribution in [2.24, 2.45) is 5.92 Å². The van der Waals surface area contributed by atoms with Crippen LogP contribution in [0, 0.1) is 5.92 Å². The molecule has 0 aromatic heterocycles. The van der Waals surface area contributed by atoms with E-state index in [-0.39, 0.29) is 18.5 Å². The summed E-state index contributed by atoms with van der Waals surface area (Å²) in [6.07, 6.45) is 12.9. The van der Waals surface area contributed by atoms with E-state index in [4.69, 9.17) is 9.47 Å². The highest BCUT2D eigenvalue weighted by Gasteiger charge is 2.11. The minimum absolute atomic E-state index is 0.0942. The smallest absolute Gasteiger partial charge is 0.407 e. The number of alkyl carbamates (subject to hydrolysis) is 1. The second kappa shape index (κ2) is 17.6. The van der Waals surface area contributed by atoms with E-state index in [9.17, 15) is 9.59 Å². The van der Waals surface area contributed by atoms with Crippen molar-refractivity contribution in [3.8, 4) is 0 Å². The number of amides is 1. The fourth-order valence-corrected chi connectivity index (χ4v) is 2.42. The molecule has 0 fully saturated rings. The van der Waals surface area contributed by atoms with E-state index in [1.165, 1.54) is 51.4 Å². The second-order valence-corrected chi connectivity index (χ2v) is 6.72. The Bertz CT molecular complexity index is 334. The Labute approximate surface area is 154 Å². The van der Waals surface area contributed by atoms with E-state index >= 15 is 0 Å². The summed E-state index contributed by atoms with van der Waals surface area (Å²) < 4.78 is 10.1. The van der Waals surface area contributed by atoms with Crippen molar-refractivity contribution in [1.82, 2.24) is 5.32 Å². The number of carbonyl (C=O) groups is 2. The van der Waals surface area contributed by atoms with Gasteiger partial charge in [-0.3, -0.25) is 4.79 Å². The van der Waals surface area contributed by atoms with Gasteiger partial charge in [0.15, 0.2) is 0 Å². The average molecular weight is 358 g/mol. The molecule has 5 nitrogen and oxygen atoms in total. The quantitative estimate of drug-likeness (QED) is 0.304. The molecule has 25 heavy (non-hydrogen) atoms. The maximum absolute atomic E-state index is 11.5. The molecule has 0 spiro atoms. The number of carbonyl (C=O) groups excluding carboxylic acids is 2. The maximum Gasteiger partial charge on any atom is 0.407 e. The van der Waals surface area contributed by atoms with Gasteiger partial charge in [-0.2, -0.15) is 0 Å². The Morgan fingerprint density at radius 1 is 0.800 bits per heavy atom. The zero-order valence-electron chi connectivity index (χ0n) is 16.6. The van der Waals surface area contributed by atoms with Crippen molar-refractivity contribution in [3.63, 3.8) is 0 Å². The Balaban J connectivity index is 3.29. The lowest BCUT2D eigenvalue weighted by Crippen LogP contribution is -2.29. The lowest BCUT2D eigenvalue weighted by atomic mass is 10.1. The summed E-state index contributed by atoms with van der Waals surface area (Å²) in [4.78, 5) is 22.9. The van der Waals surface area contributed by atoms with Crippen LogP contribution < -0.4 is 5.32 Å². The first-order valence-electron chi connectivity index (χ1n) is 10.2. The molecule has 0 saturated heterocycles. The Morgan fingerprint density at radius 2 is 1.36 bits per heavy atom. The second-order valence-electron chi connectivity index (χ2n) is 6.72. The van der Waals surface area contributed by atoms with E-state index in [1.54, 1.807) is 0 Å². The predicted octanol–water partition coefficient (Wildman–Crippen LogP) is 5.22. The third kappa shape index (κ3) is 16.0. The van der Waals surface area contributed by atoms with Crippen LogP contribution in [0.4, 0.5) is 4.79 Å². The normalized spacial score (nSPS) is 11.8. The molecular formula is C20H39NO4. The number of ether oxygens (including phenoxy) is 2. The predicted molar refractivity (Wildman–Crippen MR) is 102 cm³/mol. The summed E-state index contributed by atoms with van der Waals surface area (Å²) in [5.74, 6) is -0.314. The van der Waals surface area contributed by atoms with Gasteiger partial charge in [-0.05, 0) is 12.8 Å². The van der Waals surface area contributed by atoms with Gasteiger partial charge in [0, 0.05) is 0 Å². The molecule has 1 N–H and O–H groups in total. The molecule has 148 valence electrons. The Kier molecular flexibility index (Phi) is 16.7. The van der Waals surface area contributed by atoms with Crippen LogP contribution in [0.5, 0.6) is 0 Å². The van der Waals surface area contributed by atoms with E-state index < -0.39 is 6.09 Å². The first-order chi connectivity index (χ1) is 12.1. The zero-order chi connectivity index (χ0) is 18.8. The fourth-order valence-electron chi connectivity index (χ4n) is 2.42. The number of nitrogens with one attached hydrogen (secondary N) is 1. The standard InChI is InChI=1S/C20H39NO4/c1-4-6-7-8-9-10-11-12-13-14-16-25-20(23)21-15-17-24-19(22)18(3)5-2/h18H,4-17H2,1-3H3,(H,21,23). The maximum atomic E-state index is 11.5. The first-order valence-corrected chi connectivity index (χ1v) is 10.2. The molecule has 0 heterocycles. The summed E-state index contributed by atoms with van der Waals surface area (Å²) in [6, 6.07) is 0. The molecule has 0 aliphatic rings. The number of esters is 1. The van der Waals surface area contributed by atoms with Crippen molar-refractivity contribution in [3.05, 3.63) is 0 Å². The van der Waals surface area contributed by atoms with Gasteiger partial charge >= 0.3 is 12.1 Å². The average Bonchev–Trinajstić information content (AvgIpc) is 2.62. The monoisotopic (exact) mass is 357 g/mol. The highest BCUT2D eigenvalue weighted by atomic mass is 16.6. The molecular weight excluding hydrogens is 318 g/mol. The van der Waals surface area contributed by atoms with E-state index in [2.05, 4.69) is 12.2 Å². The van der Waals surface area contributed by atoms with Crippen LogP contribution in [0.3, 0.4) is 0 Å². The Hall–Kier alpha value is -1.26. The molecule has 0 aliphatic heterocycles. The summed E-state index contributed by atoms with van der Waals surface area (Å²) in [5, 5.41) is 2.59. The molecule has 0 aliphatic carbocycles. The SMILES string of the molecule is CCCCCCCCCCCCOC(=O)NCCOC(=O)C(C)CC. The third-order valence-corrected chi connectivity index (χ3v) is 4.36. The fraction of sp³-hybridized carbons (Fsp3) is 0.900. The largest absolute Gasteiger partial charge is 0.464 e. The van der Waals surface area contributed by atoms with Crippen LogP contribution in [0.25, 0.3) is 0 Å². The topological polar surface area (TPSA) is 64.6 Å². The number of unbranched alkanes of at least 4 members (excludes halogenated alkanes) is 9. The summed E-state index contributed by atoms with van der Waals surface area (Å²) in [7, 11) is 0. The zero-order valence-corrected chi connectivity index (χ0v) is 16.6. The van der Waals surface area contributed by atoms with E-state index in [1.807, 2.05) is 13.8 Å². The van der Waals surface area contributed by atoms with E-state index in [0.717, 1.165) is 19.3 Å². The van der Waals surface area contributed by atoms with Gasteiger partial charge in [-0.25, -0.2) is 4.79 Å². The summed E-state index contributed by atoms with van der Waals surface area (Å²) in [6.45, 7) is 6.95. The van der Waals surface area contributed by atoms with Gasteiger partial charge in [-0.15, -0.1) is 0 Å². The van der Waals surface area contributed by atoms with E-state index in [0.29, 0.717) is 13.2 Å². The molecule has 0 aromatic carbocycles. The number of hydrogen-bond donors (Lipinski definition) is 1. The molecule has 1 atom stereocenters. The van der Waals surface area contributed by atoms with Crippen LogP contribution in [-0.2, 0) is 14.3 Å². The molecule has 5 heteroatoms. The van der Waals surface area contributed by atoms with Gasteiger partial charge in [-0.1, -0.05) is 78.6 Å². The van der Waals surface area contributed by atoms with Crippen molar-refractivity contribution in [2.45, 2.75) is 91.4 Å². The lowest BCUT2D eigenvalue weighted by molar-refractivity contribution is -0.147. The first kappa shape index (κ1) is 23.7. The van der Waals surface area contributed by atoms with Crippen LogP contribution in [-0.4, -0.2) is 31.8 Å². The lowest BCUT2D eigenvalue weighted by Gasteiger charge is -2.10.